The van der Waals surface area contributed by atoms with E-state index in [-0.39, 0.29) is 5.97 Å². The largest absolute Gasteiger partial charge is 0.465 e. The Bertz CT molecular complexity index is 157. The van der Waals surface area contributed by atoms with Crippen LogP contribution >= 0.6 is 23.4 Å². The Hall–Kier alpha value is 0.110. The van der Waals surface area contributed by atoms with E-state index in [1.807, 2.05) is 11.8 Å². The second kappa shape index (κ2) is 4.97. The van der Waals surface area contributed by atoms with E-state index in [1.54, 1.807) is 6.92 Å². The molecule has 1 rings (SSSR count). The van der Waals surface area contributed by atoms with E-state index in [2.05, 4.69) is 0 Å². The lowest BCUT2D eigenvalue weighted by Gasteiger charge is -2.13. The highest BCUT2D eigenvalue weighted by atomic mass is 35.5. The smallest absolute Gasteiger partial charge is 0.324 e. The summed E-state index contributed by atoms with van der Waals surface area (Å²) in [5, 5.41) is -0.431. The number of hydrogen-bond acceptors (Lipinski definition) is 3. The first kappa shape index (κ1) is 10.2. The normalized spacial score (nSPS) is 25.3. The maximum atomic E-state index is 11.2. The predicted octanol–water partition coefficient (Wildman–Crippen LogP) is 1.91. The number of esters is 1. The number of carbonyl (C=O) groups excluding carboxylic acids is 1. The number of ether oxygens (including phenoxy) is 1. The molecule has 4 heteroatoms. The van der Waals surface area contributed by atoms with Gasteiger partial charge in [-0.15, -0.1) is 11.6 Å². The van der Waals surface area contributed by atoms with Crippen LogP contribution in [0.25, 0.3) is 0 Å². The van der Waals surface area contributed by atoms with Crippen molar-refractivity contribution >= 4 is 29.3 Å². The molecule has 2 atom stereocenters. The molecular weight excluding hydrogens is 196 g/mol. The predicted molar refractivity (Wildman–Crippen MR) is 51.7 cm³/mol. The zero-order valence-electron chi connectivity index (χ0n) is 7.09. The van der Waals surface area contributed by atoms with E-state index in [0.717, 1.165) is 17.9 Å². The van der Waals surface area contributed by atoms with Gasteiger partial charge in [0, 0.05) is 0 Å². The summed E-state index contributed by atoms with van der Waals surface area (Å²) in [5.74, 6) is 2.17. The average molecular weight is 209 g/mol. The standard InChI is InChI=1S/C8H13ClO2S/c1-2-11-8(10)7(9)6-3-4-12-5-6/h6-7H,2-5H2,1H3. The maximum Gasteiger partial charge on any atom is 0.324 e. The summed E-state index contributed by atoms with van der Waals surface area (Å²) in [6.07, 6.45) is 1.04. The summed E-state index contributed by atoms with van der Waals surface area (Å²) in [7, 11) is 0. The molecule has 2 unspecified atom stereocenters. The van der Waals surface area contributed by atoms with Crippen molar-refractivity contribution in [3.05, 3.63) is 0 Å². The Morgan fingerprint density at radius 2 is 2.58 bits per heavy atom. The molecule has 0 bridgehead atoms. The Morgan fingerprint density at radius 3 is 3.08 bits per heavy atom. The van der Waals surface area contributed by atoms with Crippen LogP contribution < -0.4 is 0 Å². The molecule has 70 valence electrons. The fourth-order valence-electron chi connectivity index (χ4n) is 1.20. The minimum Gasteiger partial charge on any atom is -0.465 e. The van der Waals surface area contributed by atoms with Gasteiger partial charge in [0.15, 0.2) is 0 Å². The lowest BCUT2D eigenvalue weighted by Crippen LogP contribution is -2.26. The van der Waals surface area contributed by atoms with E-state index in [9.17, 15) is 4.79 Å². The zero-order chi connectivity index (χ0) is 8.97. The van der Waals surface area contributed by atoms with Crippen molar-refractivity contribution in [3.63, 3.8) is 0 Å². The highest BCUT2D eigenvalue weighted by Gasteiger charge is 2.29. The first-order valence-corrected chi connectivity index (χ1v) is 5.73. The monoisotopic (exact) mass is 208 g/mol. The van der Waals surface area contributed by atoms with Gasteiger partial charge in [0.1, 0.15) is 5.38 Å². The van der Waals surface area contributed by atoms with Crippen molar-refractivity contribution in [3.8, 4) is 0 Å². The Kier molecular flexibility index (Phi) is 4.22. The van der Waals surface area contributed by atoms with E-state index in [0.29, 0.717) is 12.5 Å². The van der Waals surface area contributed by atoms with Gasteiger partial charge in [-0.2, -0.15) is 11.8 Å². The van der Waals surface area contributed by atoms with E-state index >= 15 is 0 Å². The second-order valence-electron chi connectivity index (χ2n) is 2.78. The van der Waals surface area contributed by atoms with Crippen molar-refractivity contribution < 1.29 is 9.53 Å². The average Bonchev–Trinajstić information content (AvgIpc) is 2.55. The van der Waals surface area contributed by atoms with Crippen LogP contribution in [0, 0.1) is 5.92 Å². The summed E-state index contributed by atoms with van der Waals surface area (Å²) in [6, 6.07) is 0. The van der Waals surface area contributed by atoms with Crippen LogP contribution in [-0.2, 0) is 9.53 Å². The quantitative estimate of drug-likeness (QED) is 0.524. The maximum absolute atomic E-state index is 11.2. The molecule has 0 N–H and O–H groups in total. The Morgan fingerprint density at radius 1 is 1.83 bits per heavy atom. The third-order valence-corrected chi connectivity index (χ3v) is 3.61. The van der Waals surface area contributed by atoms with Gasteiger partial charge in [-0.25, -0.2) is 0 Å². The van der Waals surface area contributed by atoms with E-state index in [4.69, 9.17) is 16.3 Å². The first-order chi connectivity index (χ1) is 5.75. The van der Waals surface area contributed by atoms with Gasteiger partial charge in [-0.3, -0.25) is 4.79 Å². The van der Waals surface area contributed by atoms with Crippen LogP contribution in [0.15, 0.2) is 0 Å². The number of halogens is 1. The number of rotatable bonds is 3. The summed E-state index contributed by atoms with van der Waals surface area (Å²) in [4.78, 5) is 11.2. The van der Waals surface area contributed by atoms with Crippen LogP contribution in [0.5, 0.6) is 0 Å². The van der Waals surface area contributed by atoms with Gasteiger partial charge in [0.25, 0.3) is 0 Å². The topological polar surface area (TPSA) is 26.3 Å². The molecule has 0 aliphatic carbocycles. The number of alkyl halides is 1. The lowest BCUT2D eigenvalue weighted by atomic mass is 10.1. The van der Waals surface area contributed by atoms with Crippen LogP contribution in [0.2, 0.25) is 0 Å². The molecule has 0 aromatic carbocycles. The minimum absolute atomic E-state index is 0.258. The molecule has 1 heterocycles. The highest BCUT2D eigenvalue weighted by Crippen LogP contribution is 2.29. The Balaban J connectivity index is 2.34. The molecule has 1 fully saturated rings. The van der Waals surface area contributed by atoms with E-state index in [1.165, 1.54) is 0 Å². The molecule has 1 saturated heterocycles. The van der Waals surface area contributed by atoms with Crippen LogP contribution in [0.1, 0.15) is 13.3 Å². The van der Waals surface area contributed by atoms with Crippen LogP contribution in [0.4, 0.5) is 0 Å². The van der Waals surface area contributed by atoms with Gasteiger partial charge < -0.3 is 4.74 Å². The van der Waals surface area contributed by atoms with Gasteiger partial charge in [-0.1, -0.05) is 0 Å². The fraction of sp³-hybridized carbons (Fsp3) is 0.875. The van der Waals surface area contributed by atoms with Gasteiger partial charge in [0.05, 0.1) is 6.61 Å². The van der Waals surface area contributed by atoms with Crippen LogP contribution in [0.3, 0.4) is 0 Å². The zero-order valence-corrected chi connectivity index (χ0v) is 8.66. The van der Waals surface area contributed by atoms with Crippen molar-refractivity contribution in [1.82, 2.24) is 0 Å². The van der Waals surface area contributed by atoms with Crippen molar-refractivity contribution in [2.45, 2.75) is 18.7 Å². The fourth-order valence-corrected chi connectivity index (χ4v) is 2.88. The van der Waals surface area contributed by atoms with Crippen molar-refractivity contribution in [2.24, 2.45) is 5.92 Å². The van der Waals surface area contributed by atoms with Gasteiger partial charge in [0.2, 0.25) is 0 Å². The number of hydrogen-bond donors (Lipinski definition) is 0. The molecule has 1 aliphatic heterocycles. The molecule has 12 heavy (non-hydrogen) atoms. The van der Waals surface area contributed by atoms with Gasteiger partial charge in [-0.05, 0) is 30.8 Å². The molecule has 0 saturated carbocycles. The third kappa shape index (κ3) is 2.56. The molecule has 0 aromatic heterocycles. The molecule has 0 amide bonds. The first-order valence-electron chi connectivity index (χ1n) is 4.14. The third-order valence-electron chi connectivity index (χ3n) is 1.89. The van der Waals surface area contributed by atoms with Crippen molar-refractivity contribution in [2.75, 3.05) is 18.1 Å². The second-order valence-corrected chi connectivity index (χ2v) is 4.40. The minimum atomic E-state index is -0.431. The van der Waals surface area contributed by atoms with Crippen molar-refractivity contribution in [1.29, 1.82) is 0 Å². The Labute approximate surface area is 82.0 Å². The number of carbonyl (C=O) groups is 1. The number of thioether (sulfide) groups is 1. The highest BCUT2D eigenvalue weighted by molar-refractivity contribution is 7.99. The molecular formula is C8H13ClO2S. The molecule has 0 spiro atoms. The summed E-state index contributed by atoms with van der Waals surface area (Å²) < 4.78 is 4.84. The molecule has 2 nitrogen and oxygen atoms in total. The van der Waals surface area contributed by atoms with Gasteiger partial charge >= 0.3 is 5.97 Å². The molecule has 1 aliphatic rings. The lowest BCUT2D eigenvalue weighted by molar-refractivity contribution is -0.143. The van der Waals surface area contributed by atoms with Crippen LogP contribution in [-0.4, -0.2) is 29.5 Å². The SMILES string of the molecule is CCOC(=O)C(Cl)C1CCSC1. The molecule has 0 aromatic rings. The summed E-state index contributed by atoms with van der Waals surface area (Å²) in [5.41, 5.74) is 0. The summed E-state index contributed by atoms with van der Waals surface area (Å²) >= 11 is 7.78. The van der Waals surface area contributed by atoms with E-state index < -0.39 is 5.38 Å². The summed E-state index contributed by atoms with van der Waals surface area (Å²) in [6.45, 7) is 2.22. The molecule has 0 radical (unpaired) electrons.